The first-order valence-corrected chi connectivity index (χ1v) is 8.03. The molecule has 1 rings (SSSR count). The molecule has 0 aromatic heterocycles. The van der Waals surface area contributed by atoms with Crippen molar-refractivity contribution in [3.05, 3.63) is 0 Å². The van der Waals surface area contributed by atoms with Gasteiger partial charge < -0.3 is 14.7 Å². The monoisotopic (exact) mass is 308 g/mol. The van der Waals surface area contributed by atoms with Crippen molar-refractivity contribution in [2.45, 2.75) is 13.3 Å². The molecular weight excluding hydrogens is 288 g/mol. The molecule has 1 heterocycles. The first-order valence-electron chi connectivity index (χ1n) is 6.42. The third kappa shape index (κ3) is 5.43. The number of carboxylic acids is 1. The first kappa shape index (κ1) is 16.9. The van der Waals surface area contributed by atoms with Crippen molar-refractivity contribution in [3.63, 3.8) is 0 Å². The summed E-state index contributed by atoms with van der Waals surface area (Å²) in [5.41, 5.74) is 0. The summed E-state index contributed by atoms with van der Waals surface area (Å²) in [5.74, 6) is -2.26. The molecule has 1 fully saturated rings. The fourth-order valence-electron chi connectivity index (χ4n) is 1.93. The average Bonchev–Trinajstić information content (AvgIpc) is 2.36. The molecule has 0 bridgehead atoms. The summed E-state index contributed by atoms with van der Waals surface area (Å²) in [6.07, 6.45) is 0.0373. The number of hydrogen-bond acceptors (Lipinski definition) is 6. The molecule has 1 aliphatic rings. The number of nitrogens with zero attached hydrogens (tertiary/aromatic N) is 2. The van der Waals surface area contributed by atoms with E-state index >= 15 is 0 Å². The van der Waals surface area contributed by atoms with Crippen molar-refractivity contribution in [2.24, 2.45) is 0 Å². The van der Waals surface area contributed by atoms with E-state index in [0.717, 1.165) is 0 Å². The molecule has 0 aromatic carbocycles. The predicted molar refractivity (Wildman–Crippen MR) is 70.7 cm³/mol. The van der Waals surface area contributed by atoms with Gasteiger partial charge in [-0.25, -0.2) is 8.42 Å². The zero-order chi connectivity index (χ0) is 15.2. The van der Waals surface area contributed by atoms with Crippen LogP contribution in [0.15, 0.2) is 0 Å². The predicted octanol–water partition coefficient (Wildman–Crippen LogP) is -1.03. The van der Waals surface area contributed by atoms with Gasteiger partial charge in [-0.2, -0.15) is 4.31 Å². The number of rotatable bonds is 7. The molecule has 1 saturated heterocycles. The van der Waals surface area contributed by atoms with Gasteiger partial charge in [-0.1, -0.05) is 0 Å². The van der Waals surface area contributed by atoms with Crippen LogP contribution in [0, 0.1) is 0 Å². The molecular formula is C11H20N2O6S. The highest BCUT2D eigenvalue weighted by Gasteiger charge is 2.29. The third-order valence-corrected chi connectivity index (χ3v) is 4.72. The van der Waals surface area contributed by atoms with Gasteiger partial charge in [-0.3, -0.25) is 9.59 Å². The second kappa shape index (κ2) is 7.55. The van der Waals surface area contributed by atoms with Crippen molar-refractivity contribution in [1.29, 1.82) is 0 Å². The molecule has 0 spiro atoms. The maximum absolute atomic E-state index is 12.0. The molecule has 1 aliphatic heterocycles. The molecule has 20 heavy (non-hydrogen) atoms. The van der Waals surface area contributed by atoms with Crippen molar-refractivity contribution in [3.8, 4) is 0 Å². The Morgan fingerprint density at radius 3 is 2.30 bits per heavy atom. The Morgan fingerprint density at radius 1 is 1.20 bits per heavy atom. The molecule has 0 aliphatic carbocycles. The Hall–Kier alpha value is -1.19. The van der Waals surface area contributed by atoms with Gasteiger partial charge in [0.1, 0.15) is 0 Å². The van der Waals surface area contributed by atoms with Gasteiger partial charge in [0.2, 0.25) is 10.0 Å². The summed E-state index contributed by atoms with van der Waals surface area (Å²) in [5, 5.41) is 8.59. The fourth-order valence-corrected chi connectivity index (χ4v) is 3.21. The van der Waals surface area contributed by atoms with E-state index in [4.69, 9.17) is 5.11 Å². The van der Waals surface area contributed by atoms with E-state index in [9.17, 15) is 18.0 Å². The van der Waals surface area contributed by atoms with E-state index in [1.165, 1.54) is 4.31 Å². The summed E-state index contributed by atoms with van der Waals surface area (Å²) >= 11 is 0. The van der Waals surface area contributed by atoms with E-state index in [0.29, 0.717) is 19.6 Å². The van der Waals surface area contributed by atoms with E-state index in [1.807, 2.05) is 4.90 Å². The average molecular weight is 308 g/mol. The van der Waals surface area contributed by atoms with Crippen LogP contribution in [-0.2, 0) is 24.3 Å². The first-order chi connectivity index (χ1) is 9.35. The minimum atomic E-state index is -3.64. The number of carbonyl (C=O) groups is 2. The van der Waals surface area contributed by atoms with Crippen LogP contribution in [0.4, 0.5) is 0 Å². The van der Waals surface area contributed by atoms with E-state index in [1.54, 1.807) is 6.92 Å². The molecule has 1 N–H and O–H groups in total. The number of ether oxygens (including phenoxy) is 1. The maximum atomic E-state index is 12.0. The van der Waals surface area contributed by atoms with Crippen LogP contribution < -0.4 is 0 Å². The van der Waals surface area contributed by atoms with Crippen LogP contribution in [0.2, 0.25) is 0 Å². The normalized spacial score (nSPS) is 17.9. The number of sulfonamides is 1. The molecule has 8 nitrogen and oxygen atoms in total. The van der Waals surface area contributed by atoms with Crippen molar-refractivity contribution < 1.29 is 27.9 Å². The maximum Gasteiger partial charge on any atom is 0.322 e. The molecule has 9 heteroatoms. The van der Waals surface area contributed by atoms with Crippen LogP contribution in [0.1, 0.15) is 13.3 Å². The molecule has 0 amide bonds. The Labute approximate surface area is 118 Å². The highest BCUT2D eigenvalue weighted by molar-refractivity contribution is 7.89. The number of piperazine rings is 1. The lowest BCUT2D eigenvalue weighted by molar-refractivity contribution is -0.140. The number of esters is 1. The Morgan fingerprint density at radius 2 is 1.80 bits per heavy atom. The second-order valence-electron chi connectivity index (χ2n) is 4.45. The third-order valence-electron chi connectivity index (χ3n) is 2.97. The quantitative estimate of drug-likeness (QED) is 0.600. The van der Waals surface area contributed by atoms with Gasteiger partial charge in [0.05, 0.1) is 13.0 Å². The zero-order valence-corrected chi connectivity index (χ0v) is 12.3. The summed E-state index contributed by atoms with van der Waals surface area (Å²) in [4.78, 5) is 23.6. The number of carboxylic acid groups (broad SMARTS) is 1. The van der Waals surface area contributed by atoms with Gasteiger partial charge in [-0.05, 0) is 6.92 Å². The van der Waals surface area contributed by atoms with Gasteiger partial charge in [0.15, 0.2) is 5.75 Å². The van der Waals surface area contributed by atoms with Crippen molar-refractivity contribution in [2.75, 3.05) is 45.1 Å². The molecule has 0 aromatic rings. The SMILES string of the molecule is CCOC(=O)CS(=O)(=O)N1CCN(CCC(=O)O)CC1. The smallest absolute Gasteiger partial charge is 0.322 e. The second-order valence-corrected chi connectivity index (χ2v) is 6.41. The fraction of sp³-hybridized carbons (Fsp3) is 0.818. The van der Waals surface area contributed by atoms with E-state index in [2.05, 4.69) is 4.74 Å². The number of hydrogen-bond donors (Lipinski definition) is 1. The number of carbonyl (C=O) groups excluding carboxylic acids is 1. The highest BCUT2D eigenvalue weighted by Crippen LogP contribution is 2.09. The van der Waals surface area contributed by atoms with Gasteiger partial charge in [0.25, 0.3) is 0 Å². The summed E-state index contributed by atoms with van der Waals surface area (Å²) in [7, 11) is -3.64. The van der Waals surface area contributed by atoms with Gasteiger partial charge in [0, 0.05) is 32.7 Å². The summed E-state index contributed by atoms with van der Waals surface area (Å²) in [6, 6.07) is 0. The van der Waals surface area contributed by atoms with E-state index in [-0.39, 0.29) is 26.1 Å². The van der Waals surface area contributed by atoms with Crippen LogP contribution >= 0.6 is 0 Å². The Balaban J connectivity index is 2.43. The van der Waals surface area contributed by atoms with E-state index < -0.39 is 27.7 Å². The summed E-state index contributed by atoms with van der Waals surface area (Å²) in [6.45, 7) is 3.64. The highest BCUT2D eigenvalue weighted by atomic mass is 32.2. The molecule has 116 valence electrons. The Bertz CT molecular complexity index is 442. The zero-order valence-electron chi connectivity index (χ0n) is 11.4. The van der Waals surface area contributed by atoms with Crippen molar-refractivity contribution >= 4 is 22.0 Å². The minimum Gasteiger partial charge on any atom is -0.481 e. The molecule has 0 unspecified atom stereocenters. The minimum absolute atomic E-state index is 0.0373. The van der Waals surface area contributed by atoms with Crippen LogP contribution in [0.25, 0.3) is 0 Å². The lowest BCUT2D eigenvalue weighted by Gasteiger charge is -2.33. The van der Waals surface area contributed by atoms with Crippen molar-refractivity contribution in [1.82, 2.24) is 9.21 Å². The molecule has 0 radical (unpaired) electrons. The molecule has 0 atom stereocenters. The van der Waals surface area contributed by atoms with Crippen LogP contribution in [-0.4, -0.2) is 79.8 Å². The van der Waals surface area contributed by atoms with Crippen LogP contribution in [0.3, 0.4) is 0 Å². The lowest BCUT2D eigenvalue weighted by atomic mass is 10.3. The summed E-state index contributed by atoms with van der Waals surface area (Å²) < 4.78 is 29.8. The molecule has 0 saturated carbocycles. The van der Waals surface area contributed by atoms with Gasteiger partial charge >= 0.3 is 11.9 Å². The largest absolute Gasteiger partial charge is 0.481 e. The number of aliphatic carboxylic acids is 1. The van der Waals surface area contributed by atoms with Gasteiger partial charge in [-0.15, -0.1) is 0 Å². The Kier molecular flexibility index (Phi) is 6.37. The topological polar surface area (TPSA) is 104 Å². The van der Waals surface area contributed by atoms with Crippen LogP contribution in [0.5, 0.6) is 0 Å². The standard InChI is InChI=1S/C11H20N2O6S/c1-2-19-11(16)9-20(17,18)13-7-5-12(6-8-13)4-3-10(14)15/h2-9H2,1H3,(H,14,15). The lowest BCUT2D eigenvalue weighted by Crippen LogP contribution is -2.50.